The van der Waals surface area contributed by atoms with Gasteiger partial charge in [0.1, 0.15) is 6.33 Å². The van der Waals surface area contributed by atoms with E-state index in [1.54, 1.807) is 11.6 Å². The number of nitrogens with zero attached hydrogens (tertiary/aromatic N) is 5. The van der Waals surface area contributed by atoms with E-state index in [1.807, 2.05) is 0 Å². The average molecular weight is 292 g/mol. The molecule has 1 N–H and O–H groups in total. The van der Waals surface area contributed by atoms with E-state index in [2.05, 4.69) is 25.2 Å². The lowest BCUT2D eigenvalue weighted by molar-refractivity contribution is -0.384. The number of hydrogen-bond donors (Lipinski definition) is 1. The summed E-state index contributed by atoms with van der Waals surface area (Å²) in [4.78, 5) is 25.7. The van der Waals surface area contributed by atoms with Gasteiger partial charge in [0, 0.05) is 19.3 Å². The SMILES string of the molecule is COC(=O)c1cnc(NCc2nncn2C)c([N+](=O)[O-])c1. The number of nitro groups is 1. The molecule has 0 fully saturated rings. The Labute approximate surface area is 118 Å². The van der Waals surface area contributed by atoms with Crippen LogP contribution in [0.5, 0.6) is 0 Å². The minimum Gasteiger partial charge on any atom is -0.465 e. The highest BCUT2D eigenvalue weighted by atomic mass is 16.6. The van der Waals surface area contributed by atoms with E-state index in [9.17, 15) is 14.9 Å². The zero-order valence-electron chi connectivity index (χ0n) is 11.3. The van der Waals surface area contributed by atoms with Crippen LogP contribution >= 0.6 is 0 Å². The predicted molar refractivity (Wildman–Crippen MR) is 70.6 cm³/mol. The van der Waals surface area contributed by atoms with Crippen LogP contribution < -0.4 is 5.32 Å². The highest BCUT2D eigenvalue weighted by Crippen LogP contribution is 2.23. The van der Waals surface area contributed by atoms with E-state index in [0.717, 1.165) is 6.07 Å². The Morgan fingerprint density at radius 1 is 1.57 bits per heavy atom. The van der Waals surface area contributed by atoms with Gasteiger partial charge in [-0.3, -0.25) is 10.1 Å². The van der Waals surface area contributed by atoms with Crippen LogP contribution in [0.15, 0.2) is 18.6 Å². The Morgan fingerprint density at radius 2 is 2.33 bits per heavy atom. The van der Waals surface area contributed by atoms with Gasteiger partial charge in [0.25, 0.3) is 0 Å². The number of hydrogen-bond acceptors (Lipinski definition) is 8. The molecular formula is C11H12N6O4. The fraction of sp³-hybridized carbons (Fsp3) is 0.273. The lowest BCUT2D eigenvalue weighted by Gasteiger charge is -2.06. The Hall–Kier alpha value is -3.04. The largest absolute Gasteiger partial charge is 0.465 e. The van der Waals surface area contributed by atoms with Crippen LogP contribution in [0.1, 0.15) is 16.2 Å². The summed E-state index contributed by atoms with van der Waals surface area (Å²) < 4.78 is 6.17. The first-order valence-electron chi connectivity index (χ1n) is 5.82. The first kappa shape index (κ1) is 14.4. The number of methoxy groups -OCH3 is 1. The number of aryl methyl sites for hydroxylation is 1. The van der Waals surface area contributed by atoms with Gasteiger partial charge < -0.3 is 14.6 Å². The number of ether oxygens (including phenoxy) is 1. The molecule has 2 heterocycles. The van der Waals surface area contributed by atoms with Crippen LogP contribution in [0.2, 0.25) is 0 Å². The Balaban J connectivity index is 2.24. The van der Waals surface area contributed by atoms with Crippen LogP contribution in [0.25, 0.3) is 0 Å². The molecule has 10 nitrogen and oxygen atoms in total. The van der Waals surface area contributed by atoms with Crippen molar-refractivity contribution in [3.63, 3.8) is 0 Å². The Kier molecular flexibility index (Phi) is 4.07. The summed E-state index contributed by atoms with van der Waals surface area (Å²) in [5, 5.41) is 21.4. The third-order valence-electron chi connectivity index (χ3n) is 2.70. The normalized spacial score (nSPS) is 10.2. The summed E-state index contributed by atoms with van der Waals surface area (Å²) in [6, 6.07) is 1.11. The van der Waals surface area contributed by atoms with Gasteiger partial charge in [0.2, 0.25) is 5.82 Å². The molecule has 2 rings (SSSR count). The molecule has 110 valence electrons. The molecule has 0 radical (unpaired) electrons. The third-order valence-corrected chi connectivity index (χ3v) is 2.70. The van der Waals surface area contributed by atoms with Gasteiger partial charge in [-0.15, -0.1) is 10.2 Å². The maximum Gasteiger partial charge on any atom is 0.339 e. The molecule has 2 aromatic rings. The highest BCUT2D eigenvalue weighted by Gasteiger charge is 2.19. The molecule has 0 amide bonds. The third kappa shape index (κ3) is 3.11. The minimum absolute atomic E-state index is 0.00779. The molecule has 0 aliphatic heterocycles. The summed E-state index contributed by atoms with van der Waals surface area (Å²) >= 11 is 0. The number of rotatable bonds is 5. The van der Waals surface area contributed by atoms with E-state index in [4.69, 9.17) is 0 Å². The van der Waals surface area contributed by atoms with Gasteiger partial charge in [0.15, 0.2) is 5.82 Å². The molecule has 2 aromatic heterocycles. The average Bonchev–Trinajstić information content (AvgIpc) is 2.89. The molecule has 0 atom stereocenters. The minimum atomic E-state index is -0.689. The monoisotopic (exact) mass is 292 g/mol. The molecule has 0 spiro atoms. The summed E-state index contributed by atoms with van der Waals surface area (Å²) in [5.74, 6) is -0.0655. The van der Waals surface area contributed by atoms with Crippen molar-refractivity contribution in [1.82, 2.24) is 19.7 Å². The van der Waals surface area contributed by atoms with Crippen molar-refractivity contribution in [1.29, 1.82) is 0 Å². The fourth-order valence-corrected chi connectivity index (χ4v) is 1.59. The zero-order valence-corrected chi connectivity index (χ0v) is 11.3. The van der Waals surface area contributed by atoms with Crippen LogP contribution in [-0.4, -0.2) is 37.8 Å². The number of nitrogens with one attached hydrogen (secondary N) is 1. The number of anilines is 1. The van der Waals surface area contributed by atoms with Crippen molar-refractivity contribution >= 4 is 17.5 Å². The number of pyridine rings is 1. The number of esters is 1. The Bertz CT molecular complexity index is 683. The number of carbonyl (C=O) groups is 1. The lowest BCUT2D eigenvalue weighted by atomic mass is 10.2. The molecule has 0 saturated heterocycles. The van der Waals surface area contributed by atoms with Crippen LogP contribution in [0, 0.1) is 10.1 Å². The van der Waals surface area contributed by atoms with E-state index in [0.29, 0.717) is 5.82 Å². The van der Waals surface area contributed by atoms with Crippen molar-refractivity contribution in [2.75, 3.05) is 12.4 Å². The first-order valence-corrected chi connectivity index (χ1v) is 5.82. The molecular weight excluding hydrogens is 280 g/mol. The summed E-state index contributed by atoms with van der Waals surface area (Å²) in [6.07, 6.45) is 2.72. The van der Waals surface area contributed by atoms with Gasteiger partial charge >= 0.3 is 11.7 Å². The van der Waals surface area contributed by atoms with E-state index in [1.165, 1.54) is 19.6 Å². The van der Waals surface area contributed by atoms with Crippen LogP contribution in [0.3, 0.4) is 0 Å². The summed E-state index contributed by atoms with van der Waals surface area (Å²) in [5.41, 5.74) is -0.312. The van der Waals surface area contributed by atoms with Crippen LogP contribution in [0.4, 0.5) is 11.5 Å². The second-order valence-electron chi connectivity index (χ2n) is 4.05. The van der Waals surface area contributed by atoms with Gasteiger partial charge in [-0.1, -0.05) is 0 Å². The van der Waals surface area contributed by atoms with Crippen molar-refractivity contribution in [2.45, 2.75) is 6.54 Å². The number of aromatic nitrogens is 4. The Morgan fingerprint density at radius 3 is 2.90 bits per heavy atom. The fourth-order valence-electron chi connectivity index (χ4n) is 1.59. The van der Waals surface area contributed by atoms with E-state index < -0.39 is 10.9 Å². The number of carbonyl (C=O) groups excluding carboxylic acids is 1. The van der Waals surface area contributed by atoms with Crippen molar-refractivity contribution in [3.8, 4) is 0 Å². The maximum absolute atomic E-state index is 11.4. The molecule has 0 aromatic carbocycles. The molecule has 0 bridgehead atoms. The van der Waals surface area contributed by atoms with E-state index >= 15 is 0 Å². The van der Waals surface area contributed by atoms with Gasteiger partial charge in [-0.2, -0.15) is 0 Å². The molecule has 0 unspecified atom stereocenters. The topological polar surface area (TPSA) is 125 Å². The van der Waals surface area contributed by atoms with Gasteiger partial charge in [-0.25, -0.2) is 9.78 Å². The molecule has 0 saturated carbocycles. The maximum atomic E-state index is 11.4. The predicted octanol–water partition coefficient (Wildman–Crippen LogP) is 0.517. The molecule has 10 heteroatoms. The summed E-state index contributed by atoms with van der Waals surface area (Å²) in [6.45, 7) is 0.210. The second-order valence-corrected chi connectivity index (χ2v) is 4.05. The molecule has 0 aliphatic carbocycles. The first-order chi connectivity index (χ1) is 10.0. The quantitative estimate of drug-likeness (QED) is 0.480. The van der Waals surface area contributed by atoms with Gasteiger partial charge in [0.05, 0.1) is 24.1 Å². The smallest absolute Gasteiger partial charge is 0.339 e. The van der Waals surface area contributed by atoms with Gasteiger partial charge in [-0.05, 0) is 0 Å². The molecule has 0 aliphatic rings. The second kappa shape index (κ2) is 5.94. The van der Waals surface area contributed by atoms with E-state index in [-0.39, 0.29) is 23.6 Å². The van der Waals surface area contributed by atoms with Crippen molar-refractivity contribution in [3.05, 3.63) is 40.1 Å². The summed E-state index contributed by atoms with van der Waals surface area (Å²) in [7, 11) is 2.94. The van der Waals surface area contributed by atoms with Crippen molar-refractivity contribution in [2.24, 2.45) is 7.05 Å². The standard InChI is InChI=1S/C11H12N6O4/c1-16-6-14-15-9(16)5-13-10-8(17(19)20)3-7(4-12-10)11(18)21-2/h3-4,6H,5H2,1-2H3,(H,12,13). The molecule has 21 heavy (non-hydrogen) atoms. The van der Waals surface area contributed by atoms with Crippen LogP contribution in [-0.2, 0) is 18.3 Å². The highest BCUT2D eigenvalue weighted by molar-refractivity contribution is 5.90. The lowest BCUT2D eigenvalue weighted by Crippen LogP contribution is -2.10. The zero-order chi connectivity index (χ0) is 15.4. The van der Waals surface area contributed by atoms with Crippen molar-refractivity contribution < 1.29 is 14.5 Å².